The lowest BCUT2D eigenvalue weighted by Gasteiger charge is -2.22. The minimum Gasteiger partial charge on any atom is -0.493 e. The van der Waals surface area contributed by atoms with Gasteiger partial charge >= 0.3 is 0 Å². The minimum atomic E-state index is -0.388. The molecule has 0 unspecified atom stereocenters. The molecule has 0 atom stereocenters. The topological polar surface area (TPSA) is 75.2 Å². The average molecular weight is 572 g/mol. The third kappa shape index (κ3) is 8.71. The zero-order valence-electron chi connectivity index (χ0n) is 19.9. The van der Waals surface area contributed by atoms with Gasteiger partial charge in [-0.15, -0.1) is 24.0 Å². The molecule has 9 heteroatoms. The van der Waals surface area contributed by atoms with E-state index in [0.29, 0.717) is 35.7 Å². The second kappa shape index (κ2) is 14.6. The number of aryl methyl sites for hydroxylation is 1. The molecule has 0 radical (unpaired) electrons. The monoisotopic (exact) mass is 572 g/mol. The summed E-state index contributed by atoms with van der Waals surface area (Å²) in [6.07, 6.45) is 0.803. The van der Waals surface area contributed by atoms with E-state index in [9.17, 15) is 9.18 Å². The highest BCUT2D eigenvalue weighted by Gasteiger charge is 2.10. The van der Waals surface area contributed by atoms with Crippen molar-refractivity contribution in [3.05, 3.63) is 58.9 Å². The quantitative estimate of drug-likeness (QED) is 0.197. The molecule has 0 aliphatic heterocycles. The zero-order chi connectivity index (χ0) is 23.5. The summed E-state index contributed by atoms with van der Waals surface area (Å²) >= 11 is 0. The number of amides is 1. The molecule has 0 aromatic heterocycles. The summed E-state index contributed by atoms with van der Waals surface area (Å²) in [5.41, 5.74) is 1.94. The van der Waals surface area contributed by atoms with Crippen LogP contribution >= 0.6 is 24.0 Å². The van der Waals surface area contributed by atoms with Crippen LogP contribution in [0.25, 0.3) is 0 Å². The summed E-state index contributed by atoms with van der Waals surface area (Å²) < 4.78 is 24.3. The fraction of sp³-hybridized carbons (Fsp3) is 0.417. The second-order valence-corrected chi connectivity index (χ2v) is 7.32. The zero-order valence-corrected chi connectivity index (χ0v) is 22.2. The molecule has 2 aromatic carbocycles. The maximum Gasteiger partial charge on any atom is 0.251 e. The van der Waals surface area contributed by atoms with Gasteiger partial charge in [-0.2, -0.15) is 0 Å². The number of hydrogen-bond acceptors (Lipinski definition) is 4. The highest BCUT2D eigenvalue weighted by atomic mass is 127. The van der Waals surface area contributed by atoms with Crippen LogP contribution in [0.2, 0.25) is 0 Å². The average Bonchev–Trinajstić information content (AvgIpc) is 2.80. The van der Waals surface area contributed by atoms with Crippen LogP contribution in [0.4, 0.5) is 4.39 Å². The number of carbonyl (C=O) groups excluding carboxylic acids is 1. The Labute approximate surface area is 212 Å². The predicted molar refractivity (Wildman–Crippen MR) is 141 cm³/mol. The molecule has 0 bridgehead atoms. The van der Waals surface area contributed by atoms with E-state index >= 15 is 0 Å². The van der Waals surface area contributed by atoms with Crippen LogP contribution in [0.15, 0.2) is 41.4 Å². The van der Waals surface area contributed by atoms with Crippen LogP contribution in [0.1, 0.15) is 28.4 Å². The van der Waals surface area contributed by atoms with Crippen molar-refractivity contribution in [3.8, 4) is 11.5 Å². The molecule has 0 heterocycles. The molecular formula is C24H34FIN4O3. The number of carbonyl (C=O) groups is 1. The Hall–Kier alpha value is -2.56. The number of benzene rings is 2. The van der Waals surface area contributed by atoms with E-state index in [2.05, 4.69) is 15.6 Å². The van der Waals surface area contributed by atoms with Gasteiger partial charge in [0.2, 0.25) is 0 Å². The first kappa shape index (κ1) is 28.5. The summed E-state index contributed by atoms with van der Waals surface area (Å²) in [7, 11) is 5.21. The van der Waals surface area contributed by atoms with Gasteiger partial charge in [0.25, 0.3) is 5.91 Å². The van der Waals surface area contributed by atoms with Gasteiger partial charge in [-0.1, -0.05) is 12.1 Å². The Bertz CT molecular complexity index is 940. The number of rotatable bonds is 10. The van der Waals surface area contributed by atoms with Crippen molar-refractivity contribution in [1.82, 2.24) is 15.5 Å². The fourth-order valence-electron chi connectivity index (χ4n) is 3.08. The standard InChI is InChI=1S/C24H33FN4O3.HI/c1-6-26-24(28-13-12-27-23(30)19-9-7-17(2)20(25)16-19)29(3)14-11-18-8-10-21(31-4)22(15-18)32-5;/h7-10,15-16H,6,11-14H2,1-5H3,(H,26,28)(H,27,30);1H. The first-order chi connectivity index (χ1) is 15.4. The van der Waals surface area contributed by atoms with Gasteiger partial charge in [-0.3, -0.25) is 9.79 Å². The second-order valence-electron chi connectivity index (χ2n) is 7.32. The van der Waals surface area contributed by atoms with Gasteiger partial charge in [-0.05, 0) is 55.7 Å². The lowest BCUT2D eigenvalue weighted by atomic mass is 10.1. The van der Waals surface area contributed by atoms with Crippen LogP contribution in [-0.4, -0.2) is 64.2 Å². The number of hydrogen-bond donors (Lipinski definition) is 2. The molecular weight excluding hydrogens is 538 g/mol. The third-order valence-electron chi connectivity index (χ3n) is 4.97. The van der Waals surface area contributed by atoms with Crippen molar-refractivity contribution in [2.45, 2.75) is 20.3 Å². The number of halogens is 2. The van der Waals surface area contributed by atoms with E-state index in [0.717, 1.165) is 31.0 Å². The maximum absolute atomic E-state index is 13.7. The van der Waals surface area contributed by atoms with Gasteiger partial charge in [0.15, 0.2) is 17.5 Å². The normalized spacial score (nSPS) is 10.8. The van der Waals surface area contributed by atoms with Gasteiger partial charge in [-0.25, -0.2) is 4.39 Å². The smallest absolute Gasteiger partial charge is 0.251 e. The number of nitrogens with one attached hydrogen (secondary N) is 2. The molecule has 2 aromatic rings. The molecule has 1 amide bonds. The van der Waals surface area contributed by atoms with E-state index < -0.39 is 0 Å². The third-order valence-corrected chi connectivity index (χ3v) is 4.97. The molecule has 0 aliphatic carbocycles. The van der Waals surface area contributed by atoms with Gasteiger partial charge in [0.1, 0.15) is 5.82 Å². The Morgan fingerprint density at radius 1 is 1.09 bits per heavy atom. The SMILES string of the molecule is CCNC(=NCCNC(=O)c1ccc(C)c(F)c1)N(C)CCc1ccc(OC)c(OC)c1.I. The first-order valence-electron chi connectivity index (χ1n) is 10.6. The van der Waals surface area contributed by atoms with Crippen molar-refractivity contribution in [2.75, 3.05) is 47.4 Å². The minimum absolute atomic E-state index is 0. The van der Waals surface area contributed by atoms with Crippen LogP contribution in [0, 0.1) is 12.7 Å². The Kier molecular flexibility index (Phi) is 12.6. The maximum atomic E-state index is 13.7. The van der Waals surface area contributed by atoms with E-state index in [1.165, 1.54) is 6.07 Å². The van der Waals surface area contributed by atoms with Crippen LogP contribution in [0.5, 0.6) is 11.5 Å². The largest absolute Gasteiger partial charge is 0.493 e. The molecule has 33 heavy (non-hydrogen) atoms. The molecule has 182 valence electrons. The molecule has 0 saturated heterocycles. The Morgan fingerprint density at radius 2 is 1.82 bits per heavy atom. The molecule has 0 fully saturated rings. The lowest BCUT2D eigenvalue weighted by Crippen LogP contribution is -2.40. The van der Waals surface area contributed by atoms with Gasteiger partial charge in [0.05, 0.1) is 20.8 Å². The van der Waals surface area contributed by atoms with Gasteiger partial charge < -0.3 is 25.0 Å². The van der Waals surface area contributed by atoms with Crippen LogP contribution in [0.3, 0.4) is 0 Å². The Balaban J connectivity index is 0.00000544. The molecule has 2 N–H and O–H groups in total. The summed E-state index contributed by atoms with van der Waals surface area (Å²) in [4.78, 5) is 18.8. The molecule has 0 spiro atoms. The summed E-state index contributed by atoms with van der Waals surface area (Å²) in [5.74, 6) is 1.46. The van der Waals surface area contributed by atoms with Crippen molar-refractivity contribution < 1.29 is 18.7 Å². The Morgan fingerprint density at radius 3 is 2.45 bits per heavy atom. The van der Waals surface area contributed by atoms with Crippen molar-refractivity contribution >= 4 is 35.8 Å². The number of methoxy groups -OCH3 is 2. The van der Waals surface area contributed by atoms with Crippen molar-refractivity contribution in [1.29, 1.82) is 0 Å². The lowest BCUT2D eigenvalue weighted by molar-refractivity contribution is 0.0954. The highest BCUT2D eigenvalue weighted by Crippen LogP contribution is 2.27. The summed E-state index contributed by atoms with van der Waals surface area (Å²) in [6.45, 7) is 5.90. The van der Waals surface area contributed by atoms with E-state index in [1.807, 2.05) is 37.1 Å². The molecule has 0 aliphatic rings. The number of nitrogens with zero attached hydrogens (tertiary/aromatic N) is 2. The number of ether oxygens (including phenoxy) is 2. The van der Waals surface area contributed by atoms with Crippen molar-refractivity contribution in [3.63, 3.8) is 0 Å². The van der Waals surface area contributed by atoms with Crippen LogP contribution < -0.4 is 20.1 Å². The first-order valence-corrected chi connectivity index (χ1v) is 10.6. The number of likely N-dealkylation sites (N-methyl/N-ethyl adjacent to an activating group) is 1. The molecule has 0 saturated carbocycles. The van der Waals surface area contributed by atoms with E-state index in [4.69, 9.17) is 9.47 Å². The van der Waals surface area contributed by atoms with E-state index in [-0.39, 0.29) is 35.7 Å². The summed E-state index contributed by atoms with van der Waals surface area (Å²) in [6, 6.07) is 10.3. The fourth-order valence-corrected chi connectivity index (χ4v) is 3.08. The van der Waals surface area contributed by atoms with Crippen LogP contribution in [-0.2, 0) is 6.42 Å². The molecule has 2 rings (SSSR count). The summed E-state index contributed by atoms with van der Waals surface area (Å²) in [5, 5.41) is 6.04. The number of aliphatic imine (C=N–C) groups is 1. The van der Waals surface area contributed by atoms with Gasteiger partial charge in [0, 0.05) is 32.2 Å². The number of guanidine groups is 1. The highest BCUT2D eigenvalue weighted by molar-refractivity contribution is 14.0. The van der Waals surface area contributed by atoms with Crippen molar-refractivity contribution in [2.24, 2.45) is 4.99 Å². The molecule has 7 nitrogen and oxygen atoms in total. The van der Waals surface area contributed by atoms with E-state index in [1.54, 1.807) is 33.3 Å². The predicted octanol–water partition coefficient (Wildman–Crippen LogP) is 3.64.